The first-order chi connectivity index (χ1) is 11.6. The van der Waals surface area contributed by atoms with Gasteiger partial charge in [-0.2, -0.15) is 0 Å². The van der Waals surface area contributed by atoms with Crippen LogP contribution in [0.25, 0.3) is 0 Å². The maximum Gasteiger partial charge on any atom is 0.339 e. The fourth-order valence-electron chi connectivity index (χ4n) is 2.94. The summed E-state index contributed by atoms with van der Waals surface area (Å²) in [5, 5.41) is 9.16. The Morgan fingerprint density at radius 2 is 1.50 bits per heavy atom. The average Bonchev–Trinajstić information content (AvgIpc) is 2.57. The fourth-order valence-corrected chi connectivity index (χ4v) is 2.94. The Bertz CT molecular complexity index is 456. The van der Waals surface area contributed by atoms with Crippen LogP contribution in [0.3, 0.4) is 0 Å². The number of rotatable bonds is 14. The molecule has 0 aliphatic rings. The third-order valence-electron chi connectivity index (χ3n) is 4.41. The Hall–Kier alpha value is -1.51. The average molecular weight is 335 g/mol. The first kappa shape index (κ1) is 20.5. The summed E-state index contributed by atoms with van der Waals surface area (Å²) in [6.07, 6.45) is 14.3. The van der Waals surface area contributed by atoms with Crippen molar-refractivity contribution < 1.29 is 14.6 Å². The zero-order valence-corrected chi connectivity index (χ0v) is 15.4. The van der Waals surface area contributed by atoms with Gasteiger partial charge in [-0.25, -0.2) is 4.79 Å². The largest absolute Gasteiger partial charge is 0.490 e. The Labute approximate surface area is 147 Å². The number of hydrogen-bond donors (Lipinski definition) is 1. The number of benzene rings is 1. The lowest BCUT2D eigenvalue weighted by molar-refractivity contribution is 0.0689. The van der Waals surface area contributed by atoms with Gasteiger partial charge in [0.25, 0.3) is 0 Å². The summed E-state index contributed by atoms with van der Waals surface area (Å²) in [6.45, 7) is 4.28. The zero-order chi connectivity index (χ0) is 17.6. The van der Waals surface area contributed by atoms with Crippen molar-refractivity contribution in [3.8, 4) is 5.75 Å². The molecule has 0 aliphatic carbocycles. The molecule has 0 saturated carbocycles. The van der Waals surface area contributed by atoms with Crippen LogP contribution in [0.2, 0.25) is 0 Å². The molecule has 1 rings (SSSR count). The van der Waals surface area contributed by atoms with Crippen LogP contribution in [-0.2, 0) is 0 Å². The normalized spacial score (nSPS) is 12.1. The Kier molecular flexibility index (Phi) is 11.0. The molecule has 1 unspecified atom stereocenters. The van der Waals surface area contributed by atoms with Crippen LogP contribution in [0.15, 0.2) is 24.3 Å². The topological polar surface area (TPSA) is 46.5 Å². The van der Waals surface area contributed by atoms with Crippen LogP contribution in [-0.4, -0.2) is 17.2 Å². The first-order valence-corrected chi connectivity index (χ1v) is 9.64. The van der Waals surface area contributed by atoms with E-state index in [1.54, 1.807) is 18.2 Å². The second-order valence-electron chi connectivity index (χ2n) is 6.70. The van der Waals surface area contributed by atoms with E-state index in [0.29, 0.717) is 5.75 Å². The van der Waals surface area contributed by atoms with Crippen molar-refractivity contribution in [2.75, 3.05) is 0 Å². The molecule has 0 aliphatic heterocycles. The van der Waals surface area contributed by atoms with Crippen LogP contribution >= 0.6 is 0 Å². The van der Waals surface area contributed by atoms with Crippen LogP contribution in [0.5, 0.6) is 5.75 Å². The van der Waals surface area contributed by atoms with E-state index in [1.807, 2.05) is 13.0 Å². The summed E-state index contributed by atoms with van der Waals surface area (Å²) in [6, 6.07) is 6.86. The van der Waals surface area contributed by atoms with Gasteiger partial charge < -0.3 is 9.84 Å². The van der Waals surface area contributed by atoms with Crippen molar-refractivity contribution in [1.82, 2.24) is 0 Å². The number of aromatic carboxylic acids is 1. The number of carboxylic acid groups (broad SMARTS) is 1. The van der Waals surface area contributed by atoms with Gasteiger partial charge in [0.1, 0.15) is 11.3 Å². The molecule has 0 heterocycles. The summed E-state index contributed by atoms with van der Waals surface area (Å²) in [7, 11) is 0. The highest BCUT2D eigenvalue weighted by atomic mass is 16.5. The van der Waals surface area contributed by atoms with Crippen LogP contribution < -0.4 is 4.74 Å². The number of ether oxygens (including phenoxy) is 1. The molecule has 1 aromatic rings. The number of para-hydroxylation sites is 1. The molecule has 1 atom stereocenters. The SMILES string of the molecule is CCCCCCCCCCCCC(C)Oc1ccccc1C(=O)O. The monoisotopic (exact) mass is 334 g/mol. The van der Waals surface area contributed by atoms with E-state index in [0.717, 1.165) is 12.8 Å². The third kappa shape index (κ3) is 8.95. The summed E-state index contributed by atoms with van der Waals surface area (Å²) < 4.78 is 5.81. The number of carbonyl (C=O) groups is 1. The van der Waals surface area contributed by atoms with E-state index in [-0.39, 0.29) is 11.7 Å². The molecule has 0 fully saturated rings. The molecule has 0 saturated heterocycles. The van der Waals surface area contributed by atoms with E-state index in [9.17, 15) is 4.79 Å². The van der Waals surface area contributed by atoms with Gasteiger partial charge in [-0.15, -0.1) is 0 Å². The lowest BCUT2D eigenvalue weighted by Gasteiger charge is -2.16. The highest BCUT2D eigenvalue weighted by molar-refractivity contribution is 5.90. The second kappa shape index (κ2) is 12.9. The second-order valence-corrected chi connectivity index (χ2v) is 6.70. The van der Waals surface area contributed by atoms with Gasteiger partial charge in [0.15, 0.2) is 0 Å². The van der Waals surface area contributed by atoms with E-state index in [4.69, 9.17) is 9.84 Å². The molecule has 3 heteroatoms. The fraction of sp³-hybridized carbons (Fsp3) is 0.667. The minimum Gasteiger partial charge on any atom is -0.490 e. The van der Waals surface area contributed by atoms with Crippen molar-refractivity contribution in [1.29, 1.82) is 0 Å². The van der Waals surface area contributed by atoms with Gasteiger partial charge in [0.2, 0.25) is 0 Å². The highest BCUT2D eigenvalue weighted by Gasteiger charge is 2.12. The molecule has 0 radical (unpaired) electrons. The molecule has 1 aromatic carbocycles. The Balaban J connectivity index is 2.08. The standard InChI is InChI=1S/C21H34O3/c1-3-4-5-6-7-8-9-10-11-12-15-18(2)24-20-17-14-13-16-19(20)21(22)23/h13-14,16-18H,3-12,15H2,1-2H3,(H,22,23). The first-order valence-electron chi connectivity index (χ1n) is 9.64. The van der Waals surface area contributed by atoms with Crippen LogP contribution in [0, 0.1) is 0 Å². The van der Waals surface area contributed by atoms with Crippen LogP contribution in [0.4, 0.5) is 0 Å². The predicted molar refractivity (Wildman–Crippen MR) is 100.0 cm³/mol. The lowest BCUT2D eigenvalue weighted by atomic mass is 10.0. The zero-order valence-electron chi connectivity index (χ0n) is 15.4. The smallest absolute Gasteiger partial charge is 0.339 e. The molecule has 0 amide bonds. The molecule has 3 nitrogen and oxygen atoms in total. The Morgan fingerprint density at radius 3 is 2.08 bits per heavy atom. The quantitative estimate of drug-likeness (QED) is 0.397. The van der Waals surface area contributed by atoms with E-state index in [2.05, 4.69) is 6.92 Å². The maximum absolute atomic E-state index is 11.2. The van der Waals surface area contributed by atoms with E-state index in [1.165, 1.54) is 57.8 Å². The molecular weight excluding hydrogens is 300 g/mol. The number of unbranched alkanes of at least 4 members (excludes halogenated alkanes) is 9. The van der Waals surface area contributed by atoms with Crippen molar-refractivity contribution in [2.24, 2.45) is 0 Å². The van der Waals surface area contributed by atoms with Gasteiger partial charge in [-0.1, -0.05) is 76.8 Å². The predicted octanol–water partition coefficient (Wildman–Crippen LogP) is 6.46. The van der Waals surface area contributed by atoms with Crippen LogP contribution in [0.1, 0.15) is 94.8 Å². The van der Waals surface area contributed by atoms with Crippen molar-refractivity contribution in [3.05, 3.63) is 29.8 Å². The number of hydrogen-bond acceptors (Lipinski definition) is 2. The van der Waals surface area contributed by atoms with E-state index < -0.39 is 5.97 Å². The van der Waals surface area contributed by atoms with Crippen molar-refractivity contribution >= 4 is 5.97 Å². The lowest BCUT2D eigenvalue weighted by Crippen LogP contribution is -2.14. The molecule has 24 heavy (non-hydrogen) atoms. The van der Waals surface area contributed by atoms with E-state index >= 15 is 0 Å². The molecule has 136 valence electrons. The minimum absolute atomic E-state index is 0.0551. The molecule has 0 bridgehead atoms. The number of carboxylic acids is 1. The molecule has 0 aromatic heterocycles. The Morgan fingerprint density at radius 1 is 0.958 bits per heavy atom. The van der Waals surface area contributed by atoms with Crippen molar-refractivity contribution in [2.45, 2.75) is 90.6 Å². The van der Waals surface area contributed by atoms with Gasteiger partial charge in [-0.05, 0) is 31.9 Å². The summed E-state index contributed by atoms with van der Waals surface area (Å²) in [4.78, 5) is 11.2. The van der Waals surface area contributed by atoms with Gasteiger partial charge in [-0.3, -0.25) is 0 Å². The molecular formula is C21H34O3. The summed E-state index contributed by atoms with van der Waals surface area (Å²) >= 11 is 0. The van der Waals surface area contributed by atoms with Gasteiger partial charge in [0, 0.05) is 0 Å². The summed E-state index contributed by atoms with van der Waals surface area (Å²) in [5.41, 5.74) is 0.243. The van der Waals surface area contributed by atoms with Gasteiger partial charge in [0.05, 0.1) is 6.10 Å². The minimum atomic E-state index is -0.934. The molecule has 1 N–H and O–H groups in total. The third-order valence-corrected chi connectivity index (χ3v) is 4.41. The summed E-state index contributed by atoms with van der Waals surface area (Å²) in [5.74, 6) is -0.457. The highest BCUT2D eigenvalue weighted by Crippen LogP contribution is 2.21. The van der Waals surface area contributed by atoms with Crippen molar-refractivity contribution in [3.63, 3.8) is 0 Å². The van der Waals surface area contributed by atoms with Gasteiger partial charge >= 0.3 is 5.97 Å². The molecule has 0 spiro atoms. The maximum atomic E-state index is 11.2.